The number of ether oxygens (including phenoxy) is 2. The van der Waals surface area contributed by atoms with Crippen LogP contribution in [0.15, 0.2) is 18.2 Å². The predicted molar refractivity (Wildman–Crippen MR) is 74.0 cm³/mol. The van der Waals surface area contributed by atoms with Crippen molar-refractivity contribution in [3.05, 3.63) is 18.2 Å². The summed E-state index contributed by atoms with van der Waals surface area (Å²) >= 11 is 0. The van der Waals surface area contributed by atoms with E-state index < -0.39 is 0 Å². The summed E-state index contributed by atoms with van der Waals surface area (Å²) in [7, 11) is 0. The quantitative estimate of drug-likeness (QED) is 0.887. The van der Waals surface area contributed by atoms with Gasteiger partial charge in [0.2, 0.25) is 0 Å². The fourth-order valence-corrected chi connectivity index (χ4v) is 3.16. The van der Waals surface area contributed by atoms with Crippen molar-refractivity contribution in [3.63, 3.8) is 0 Å². The first kappa shape index (κ1) is 12.6. The van der Waals surface area contributed by atoms with E-state index in [0.717, 1.165) is 30.2 Å². The van der Waals surface area contributed by atoms with Gasteiger partial charge in [-0.05, 0) is 32.4 Å². The van der Waals surface area contributed by atoms with Crippen LogP contribution in [0, 0.1) is 5.92 Å². The van der Waals surface area contributed by atoms with Crippen LogP contribution in [0.4, 0.5) is 5.69 Å². The van der Waals surface area contributed by atoms with Gasteiger partial charge in [-0.25, -0.2) is 0 Å². The zero-order valence-electron chi connectivity index (χ0n) is 11.6. The first-order valence-corrected chi connectivity index (χ1v) is 6.88. The van der Waals surface area contributed by atoms with Crippen LogP contribution in [-0.4, -0.2) is 37.0 Å². The Bertz CT molecular complexity index is 472. The van der Waals surface area contributed by atoms with Gasteiger partial charge >= 0.3 is 0 Å². The third kappa shape index (κ3) is 2.25. The number of fused-ring (bicyclic) bond motifs is 1. The van der Waals surface area contributed by atoms with Crippen LogP contribution in [0.3, 0.4) is 0 Å². The molecule has 1 aromatic rings. The molecule has 1 N–H and O–H groups in total. The van der Waals surface area contributed by atoms with Crippen molar-refractivity contribution in [2.24, 2.45) is 5.92 Å². The number of nitrogens with zero attached hydrogens (tertiary/aromatic N) is 1. The summed E-state index contributed by atoms with van der Waals surface area (Å²) in [5, 5.41) is 9.38. The highest BCUT2D eigenvalue weighted by molar-refractivity contribution is 5.58. The molecule has 1 fully saturated rings. The van der Waals surface area contributed by atoms with E-state index >= 15 is 0 Å². The van der Waals surface area contributed by atoms with E-state index in [1.807, 2.05) is 6.07 Å². The Labute approximate surface area is 113 Å². The smallest absolute Gasteiger partial charge is 0.163 e. The predicted octanol–water partition coefficient (Wildman–Crippen LogP) is 2.05. The Morgan fingerprint density at radius 1 is 1.26 bits per heavy atom. The summed E-state index contributed by atoms with van der Waals surface area (Å²) in [6.45, 7) is 6.82. The molecule has 1 unspecified atom stereocenters. The molecular weight excluding hydrogens is 242 g/mol. The maximum atomic E-state index is 9.38. The van der Waals surface area contributed by atoms with Crippen molar-refractivity contribution >= 4 is 5.69 Å². The van der Waals surface area contributed by atoms with E-state index in [4.69, 9.17) is 9.47 Å². The number of benzene rings is 1. The zero-order valence-corrected chi connectivity index (χ0v) is 11.6. The van der Waals surface area contributed by atoms with Gasteiger partial charge in [0.1, 0.15) is 13.2 Å². The van der Waals surface area contributed by atoms with Crippen molar-refractivity contribution in [2.45, 2.75) is 25.8 Å². The largest absolute Gasteiger partial charge is 0.486 e. The summed E-state index contributed by atoms with van der Waals surface area (Å²) in [6.07, 6.45) is 1.01. The van der Waals surface area contributed by atoms with Gasteiger partial charge < -0.3 is 19.5 Å². The topological polar surface area (TPSA) is 41.9 Å². The maximum Gasteiger partial charge on any atom is 0.163 e. The molecule has 3 rings (SSSR count). The molecule has 0 aliphatic carbocycles. The van der Waals surface area contributed by atoms with Crippen molar-refractivity contribution in [1.29, 1.82) is 0 Å². The number of hydrogen-bond donors (Lipinski definition) is 1. The van der Waals surface area contributed by atoms with E-state index in [-0.39, 0.29) is 12.1 Å². The molecule has 104 valence electrons. The van der Waals surface area contributed by atoms with Crippen LogP contribution in [0.1, 0.15) is 20.3 Å². The zero-order chi connectivity index (χ0) is 13.5. The first-order chi connectivity index (χ1) is 9.10. The number of anilines is 1. The minimum atomic E-state index is 0.0666. The third-order valence-corrected chi connectivity index (χ3v) is 4.06. The molecule has 1 atom stereocenters. The van der Waals surface area contributed by atoms with Crippen molar-refractivity contribution in [3.8, 4) is 11.5 Å². The molecule has 0 spiro atoms. The van der Waals surface area contributed by atoms with E-state index in [1.54, 1.807) is 0 Å². The SMILES string of the molecule is CC1(C)CC(CO)CN1c1ccc2c(c1)OCCO2. The lowest BCUT2D eigenvalue weighted by Crippen LogP contribution is -2.38. The average molecular weight is 263 g/mol. The molecule has 2 aliphatic rings. The lowest BCUT2D eigenvalue weighted by atomic mass is 9.97. The number of aliphatic hydroxyl groups excluding tert-OH is 1. The Kier molecular flexibility index (Phi) is 3.05. The summed E-state index contributed by atoms with van der Waals surface area (Å²) < 4.78 is 11.2. The molecule has 0 aromatic heterocycles. The average Bonchev–Trinajstić information content (AvgIpc) is 2.73. The van der Waals surface area contributed by atoms with Gasteiger partial charge in [0, 0.05) is 36.4 Å². The minimum absolute atomic E-state index is 0.0666. The van der Waals surface area contributed by atoms with Crippen LogP contribution in [0.2, 0.25) is 0 Å². The summed E-state index contributed by atoms with van der Waals surface area (Å²) in [5.41, 5.74) is 1.21. The Morgan fingerprint density at radius 2 is 2.00 bits per heavy atom. The van der Waals surface area contributed by atoms with Crippen LogP contribution in [0.5, 0.6) is 11.5 Å². The normalized spacial score (nSPS) is 24.6. The van der Waals surface area contributed by atoms with Gasteiger partial charge in [-0.2, -0.15) is 0 Å². The second-order valence-electron chi connectivity index (χ2n) is 6.00. The molecule has 2 aliphatic heterocycles. The van der Waals surface area contributed by atoms with Crippen molar-refractivity contribution in [1.82, 2.24) is 0 Å². The van der Waals surface area contributed by atoms with E-state index in [1.165, 1.54) is 0 Å². The first-order valence-electron chi connectivity index (χ1n) is 6.88. The minimum Gasteiger partial charge on any atom is -0.486 e. The molecule has 0 amide bonds. The van der Waals surface area contributed by atoms with Crippen LogP contribution in [-0.2, 0) is 0 Å². The van der Waals surface area contributed by atoms with Crippen molar-refractivity contribution < 1.29 is 14.6 Å². The maximum absolute atomic E-state index is 9.38. The summed E-state index contributed by atoms with van der Waals surface area (Å²) in [5.74, 6) is 2.00. The fraction of sp³-hybridized carbons (Fsp3) is 0.600. The van der Waals surface area contributed by atoms with Gasteiger partial charge in [-0.3, -0.25) is 0 Å². The molecule has 0 radical (unpaired) electrons. The highest BCUT2D eigenvalue weighted by Gasteiger charge is 2.38. The second-order valence-corrected chi connectivity index (χ2v) is 6.00. The molecule has 4 heteroatoms. The highest BCUT2D eigenvalue weighted by atomic mass is 16.6. The third-order valence-electron chi connectivity index (χ3n) is 4.06. The van der Waals surface area contributed by atoms with E-state index in [0.29, 0.717) is 19.1 Å². The molecule has 19 heavy (non-hydrogen) atoms. The Hall–Kier alpha value is -1.42. The standard InChI is InChI=1S/C15H21NO3/c1-15(2)8-11(10-17)9-16(15)12-3-4-13-14(7-12)19-6-5-18-13/h3-4,7,11,17H,5-6,8-10H2,1-2H3. The number of aliphatic hydroxyl groups is 1. The number of rotatable bonds is 2. The molecule has 1 saturated heterocycles. The summed E-state index contributed by atoms with van der Waals surface area (Å²) in [4.78, 5) is 2.35. The van der Waals surface area contributed by atoms with Crippen LogP contribution >= 0.6 is 0 Å². The Balaban J connectivity index is 1.89. The lowest BCUT2D eigenvalue weighted by molar-refractivity contribution is 0.171. The second kappa shape index (κ2) is 4.60. The van der Waals surface area contributed by atoms with Crippen LogP contribution < -0.4 is 14.4 Å². The van der Waals surface area contributed by atoms with E-state index in [9.17, 15) is 5.11 Å². The van der Waals surface area contributed by atoms with Crippen molar-refractivity contribution in [2.75, 3.05) is 31.3 Å². The monoisotopic (exact) mass is 263 g/mol. The Morgan fingerprint density at radius 3 is 2.68 bits per heavy atom. The van der Waals surface area contributed by atoms with Gasteiger partial charge in [0.15, 0.2) is 11.5 Å². The summed E-state index contributed by atoms with van der Waals surface area (Å²) in [6, 6.07) is 6.11. The molecule has 2 heterocycles. The van der Waals surface area contributed by atoms with Crippen LogP contribution in [0.25, 0.3) is 0 Å². The van der Waals surface area contributed by atoms with Gasteiger partial charge in [-0.15, -0.1) is 0 Å². The molecule has 0 bridgehead atoms. The molecular formula is C15H21NO3. The van der Waals surface area contributed by atoms with Gasteiger partial charge in [-0.1, -0.05) is 0 Å². The molecule has 1 aromatic carbocycles. The highest BCUT2D eigenvalue weighted by Crippen LogP contribution is 2.40. The van der Waals surface area contributed by atoms with E-state index in [2.05, 4.69) is 30.9 Å². The van der Waals surface area contributed by atoms with Gasteiger partial charge in [0.05, 0.1) is 0 Å². The lowest BCUT2D eigenvalue weighted by Gasteiger charge is -2.34. The number of hydrogen-bond acceptors (Lipinski definition) is 4. The molecule has 4 nitrogen and oxygen atoms in total. The molecule has 0 saturated carbocycles. The fourth-order valence-electron chi connectivity index (χ4n) is 3.16. The van der Waals surface area contributed by atoms with Gasteiger partial charge in [0.25, 0.3) is 0 Å².